The maximum Gasteiger partial charge on any atom is 0.0604 e. The van der Waals surface area contributed by atoms with Gasteiger partial charge in [-0.05, 0) is 24.0 Å². The number of anilines is 2. The molecule has 106 valence electrons. The van der Waals surface area contributed by atoms with Gasteiger partial charge >= 0.3 is 0 Å². The molecule has 0 fully saturated rings. The molecule has 0 radical (unpaired) electrons. The van der Waals surface area contributed by atoms with Crippen molar-refractivity contribution in [2.75, 3.05) is 36.5 Å². The van der Waals surface area contributed by atoms with Gasteiger partial charge in [-0.1, -0.05) is 32.9 Å². The molecule has 0 amide bonds. The Morgan fingerprint density at radius 2 is 1.79 bits per heavy atom. The number of fused-ring (bicyclic) bond motifs is 1. The highest BCUT2D eigenvalue weighted by atomic mass is 15.2. The summed E-state index contributed by atoms with van der Waals surface area (Å²) in [6, 6.07) is 8.90. The van der Waals surface area contributed by atoms with Gasteiger partial charge in [0.05, 0.1) is 11.4 Å². The first-order chi connectivity index (χ1) is 8.89. The summed E-state index contributed by atoms with van der Waals surface area (Å²) in [6.45, 7) is 9.87. The second-order valence-electron chi connectivity index (χ2n) is 6.66. The fourth-order valence-corrected chi connectivity index (χ4v) is 2.53. The lowest BCUT2D eigenvalue weighted by molar-refractivity contribution is 0.307. The van der Waals surface area contributed by atoms with Crippen LogP contribution in [0.15, 0.2) is 24.3 Å². The molecule has 2 N–H and O–H groups in total. The molecular weight excluding hydrogens is 234 g/mol. The first-order valence-corrected chi connectivity index (χ1v) is 7.20. The van der Waals surface area contributed by atoms with Crippen molar-refractivity contribution < 1.29 is 0 Å². The third-order valence-electron chi connectivity index (χ3n) is 4.16. The summed E-state index contributed by atoms with van der Waals surface area (Å²) in [5.41, 5.74) is 9.14. The Labute approximate surface area is 117 Å². The number of hydrogen-bond acceptors (Lipinski definition) is 3. The predicted octanol–water partition coefficient (Wildman–Crippen LogP) is 2.71. The monoisotopic (exact) mass is 261 g/mol. The van der Waals surface area contributed by atoms with Crippen molar-refractivity contribution in [3.05, 3.63) is 24.3 Å². The Kier molecular flexibility index (Phi) is 4.04. The zero-order chi connectivity index (χ0) is 14.0. The normalized spacial score (nSPS) is 17.3. The summed E-state index contributed by atoms with van der Waals surface area (Å²) in [4.78, 5) is 4.80. The fraction of sp³-hybridized carbons (Fsp3) is 0.625. The largest absolute Gasteiger partial charge is 0.371 e. The smallest absolute Gasteiger partial charge is 0.0604 e. The van der Waals surface area contributed by atoms with E-state index in [9.17, 15) is 0 Å². The summed E-state index contributed by atoms with van der Waals surface area (Å²) in [7, 11) is 2.16. The molecule has 1 atom stereocenters. The number of nitrogens with two attached hydrogens (primary N) is 1. The van der Waals surface area contributed by atoms with Crippen molar-refractivity contribution in [2.24, 2.45) is 11.1 Å². The molecule has 0 saturated heterocycles. The molecule has 0 saturated carbocycles. The first kappa shape index (κ1) is 14.2. The lowest BCUT2D eigenvalue weighted by atomic mass is 9.85. The van der Waals surface area contributed by atoms with Gasteiger partial charge in [-0.2, -0.15) is 0 Å². The second-order valence-corrected chi connectivity index (χ2v) is 6.66. The van der Waals surface area contributed by atoms with Crippen molar-refractivity contribution in [1.82, 2.24) is 0 Å². The van der Waals surface area contributed by atoms with Crippen LogP contribution in [0.25, 0.3) is 0 Å². The minimum Gasteiger partial charge on any atom is -0.371 e. The van der Waals surface area contributed by atoms with E-state index in [0.717, 1.165) is 26.1 Å². The Morgan fingerprint density at radius 1 is 1.16 bits per heavy atom. The number of likely N-dealkylation sites (N-methyl/N-ethyl adjacent to an activating group) is 1. The van der Waals surface area contributed by atoms with Crippen LogP contribution in [0.1, 0.15) is 27.2 Å². The van der Waals surface area contributed by atoms with Crippen LogP contribution in [0.2, 0.25) is 0 Å². The number of hydrogen-bond donors (Lipinski definition) is 1. The van der Waals surface area contributed by atoms with Gasteiger partial charge in [0.1, 0.15) is 0 Å². The SMILES string of the molecule is CN1CCN(CCC(N)C(C)(C)C)c2ccccc21. The maximum absolute atomic E-state index is 6.28. The number of benzene rings is 1. The van der Waals surface area contributed by atoms with Crippen molar-refractivity contribution in [1.29, 1.82) is 0 Å². The number of rotatable bonds is 3. The topological polar surface area (TPSA) is 32.5 Å². The van der Waals surface area contributed by atoms with E-state index in [2.05, 4.69) is 61.9 Å². The van der Waals surface area contributed by atoms with Crippen molar-refractivity contribution in [3.63, 3.8) is 0 Å². The molecule has 0 spiro atoms. The molecule has 0 aliphatic carbocycles. The molecule has 1 aromatic carbocycles. The van der Waals surface area contributed by atoms with E-state index < -0.39 is 0 Å². The lowest BCUT2D eigenvalue weighted by Gasteiger charge is -2.38. The van der Waals surface area contributed by atoms with E-state index in [1.807, 2.05) is 0 Å². The third-order valence-corrected chi connectivity index (χ3v) is 4.16. The fourth-order valence-electron chi connectivity index (χ4n) is 2.53. The van der Waals surface area contributed by atoms with Crippen molar-refractivity contribution in [2.45, 2.75) is 33.2 Å². The molecule has 1 aliphatic heterocycles. The first-order valence-electron chi connectivity index (χ1n) is 7.20. The van der Waals surface area contributed by atoms with E-state index in [1.165, 1.54) is 11.4 Å². The lowest BCUT2D eigenvalue weighted by Crippen LogP contribution is -2.43. The summed E-state index contributed by atoms with van der Waals surface area (Å²) in [5.74, 6) is 0. The average Bonchev–Trinajstić information content (AvgIpc) is 2.37. The summed E-state index contributed by atoms with van der Waals surface area (Å²) < 4.78 is 0. The third kappa shape index (κ3) is 3.21. The van der Waals surface area contributed by atoms with Gasteiger partial charge in [0.15, 0.2) is 0 Å². The molecule has 19 heavy (non-hydrogen) atoms. The molecule has 1 heterocycles. The second kappa shape index (κ2) is 5.41. The molecule has 3 heteroatoms. The highest BCUT2D eigenvalue weighted by Crippen LogP contribution is 2.32. The number of nitrogens with zero attached hydrogens (tertiary/aromatic N) is 2. The Balaban J connectivity index is 2.05. The highest BCUT2D eigenvalue weighted by molar-refractivity contribution is 5.73. The highest BCUT2D eigenvalue weighted by Gasteiger charge is 2.24. The van der Waals surface area contributed by atoms with Gasteiger partial charge in [0, 0.05) is 32.7 Å². The van der Waals surface area contributed by atoms with E-state index in [4.69, 9.17) is 5.73 Å². The molecule has 1 unspecified atom stereocenters. The van der Waals surface area contributed by atoms with Crippen LogP contribution in [0.3, 0.4) is 0 Å². The minimum absolute atomic E-state index is 0.187. The van der Waals surface area contributed by atoms with Crippen LogP contribution in [-0.4, -0.2) is 32.7 Å². The van der Waals surface area contributed by atoms with Gasteiger partial charge in [-0.3, -0.25) is 0 Å². The summed E-state index contributed by atoms with van der Waals surface area (Å²) >= 11 is 0. The van der Waals surface area contributed by atoms with E-state index in [1.54, 1.807) is 0 Å². The van der Waals surface area contributed by atoms with Gasteiger partial charge in [0.25, 0.3) is 0 Å². The van der Waals surface area contributed by atoms with Crippen LogP contribution < -0.4 is 15.5 Å². The molecule has 1 aliphatic rings. The Bertz CT molecular complexity index is 422. The van der Waals surface area contributed by atoms with E-state index in [-0.39, 0.29) is 11.5 Å². The average molecular weight is 261 g/mol. The predicted molar refractivity (Wildman–Crippen MR) is 84.0 cm³/mol. The van der Waals surface area contributed by atoms with Crippen molar-refractivity contribution in [3.8, 4) is 0 Å². The zero-order valence-corrected chi connectivity index (χ0v) is 12.7. The quantitative estimate of drug-likeness (QED) is 0.908. The van der Waals surface area contributed by atoms with E-state index in [0.29, 0.717) is 0 Å². The van der Waals surface area contributed by atoms with Crippen molar-refractivity contribution >= 4 is 11.4 Å². The summed E-state index contributed by atoms with van der Waals surface area (Å²) in [6.07, 6.45) is 1.04. The zero-order valence-electron chi connectivity index (χ0n) is 12.7. The van der Waals surface area contributed by atoms with Gasteiger partial charge in [0.2, 0.25) is 0 Å². The Morgan fingerprint density at radius 3 is 2.42 bits per heavy atom. The molecule has 0 aromatic heterocycles. The molecule has 2 rings (SSSR count). The van der Waals surface area contributed by atoms with Gasteiger partial charge in [-0.15, -0.1) is 0 Å². The Hall–Kier alpha value is -1.22. The molecular formula is C16H27N3. The van der Waals surface area contributed by atoms with Crippen LogP contribution in [0.5, 0.6) is 0 Å². The maximum atomic E-state index is 6.28. The van der Waals surface area contributed by atoms with Crippen LogP contribution in [-0.2, 0) is 0 Å². The van der Waals surface area contributed by atoms with Crippen LogP contribution in [0.4, 0.5) is 11.4 Å². The van der Waals surface area contributed by atoms with Crippen LogP contribution in [0, 0.1) is 5.41 Å². The van der Waals surface area contributed by atoms with E-state index >= 15 is 0 Å². The molecule has 1 aromatic rings. The minimum atomic E-state index is 0.187. The van der Waals surface area contributed by atoms with Gasteiger partial charge < -0.3 is 15.5 Å². The van der Waals surface area contributed by atoms with Gasteiger partial charge in [-0.25, -0.2) is 0 Å². The number of para-hydroxylation sites is 2. The molecule has 0 bridgehead atoms. The van der Waals surface area contributed by atoms with Crippen LogP contribution >= 0.6 is 0 Å². The molecule has 3 nitrogen and oxygen atoms in total. The standard InChI is InChI=1S/C16H27N3/c1-16(2,3)15(17)9-10-19-12-11-18(4)13-7-5-6-8-14(13)19/h5-8,15H,9-12,17H2,1-4H3. The summed E-state index contributed by atoms with van der Waals surface area (Å²) in [5, 5.41) is 0.